The molecule has 0 saturated heterocycles. The molecule has 1 aromatic carbocycles. The second-order valence-electron chi connectivity index (χ2n) is 3.30. The van der Waals surface area contributed by atoms with E-state index in [4.69, 9.17) is 9.84 Å². The molecule has 13 heavy (non-hydrogen) atoms. The number of rotatable bonds is 4. The van der Waals surface area contributed by atoms with Crippen LogP contribution in [-0.4, -0.2) is 18.3 Å². The zero-order chi connectivity index (χ0) is 9.68. The molecule has 2 heteroatoms. The summed E-state index contributed by atoms with van der Waals surface area (Å²) in [5.41, 5.74) is 1.30. The molecule has 0 saturated carbocycles. The number of ether oxygens (including phenoxy) is 1. The van der Waals surface area contributed by atoms with Gasteiger partial charge < -0.3 is 9.84 Å². The second kappa shape index (κ2) is 4.87. The summed E-state index contributed by atoms with van der Waals surface area (Å²) in [4.78, 5) is 0. The molecule has 1 rings (SSSR count). The molecule has 1 aromatic rings. The summed E-state index contributed by atoms with van der Waals surface area (Å²) in [6, 6.07) is 7.98. The molecule has 0 aliphatic carbocycles. The summed E-state index contributed by atoms with van der Waals surface area (Å²) in [6.07, 6.45) is 0. The average Bonchev–Trinajstić information content (AvgIpc) is 2.15. The van der Waals surface area contributed by atoms with Crippen molar-refractivity contribution in [1.29, 1.82) is 0 Å². The van der Waals surface area contributed by atoms with E-state index < -0.39 is 0 Å². The van der Waals surface area contributed by atoms with E-state index in [2.05, 4.69) is 26.0 Å². The van der Waals surface area contributed by atoms with Gasteiger partial charge in [0.25, 0.3) is 0 Å². The zero-order valence-corrected chi connectivity index (χ0v) is 8.16. The van der Waals surface area contributed by atoms with Crippen LogP contribution < -0.4 is 4.74 Å². The molecule has 1 N–H and O–H groups in total. The number of benzene rings is 1. The number of aliphatic hydroxyl groups is 1. The van der Waals surface area contributed by atoms with Crippen molar-refractivity contribution in [2.75, 3.05) is 13.2 Å². The Bertz CT molecular complexity index is 239. The van der Waals surface area contributed by atoms with E-state index in [1.807, 2.05) is 12.1 Å². The van der Waals surface area contributed by atoms with Gasteiger partial charge in [0.05, 0.1) is 6.61 Å². The van der Waals surface area contributed by atoms with Gasteiger partial charge in [-0.3, -0.25) is 0 Å². The fraction of sp³-hybridized carbons (Fsp3) is 0.455. The van der Waals surface area contributed by atoms with Crippen molar-refractivity contribution in [3.63, 3.8) is 0 Å². The smallest absolute Gasteiger partial charge is 0.119 e. The highest BCUT2D eigenvalue weighted by atomic mass is 16.5. The molecular weight excluding hydrogens is 164 g/mol. The van der Waals surface area contributed by atoms with Gasteiger partial charge in [0.15, 0.2) is 0 Å². The highest BCUT2D eigenvalue weighted by Gasteiger charge is 1.98. The first-order valence-corrected chi connectivity index (χ1v) is 4.57. The Morgan fingerprint density at radius 3 is 2.31 bits per heavy atom. The molecule has 0 fully saturated rings. The van der Waals surface area contributed by atoms with Crippen molar-refractivity contribution in [2.24, 2.45) is 0 Å². The summed E-state index contributed by atoms with van der Waals surface area (Å²) < 4.78 is 5.24. The molecule has 0 unspecified atom stereocenters. The van der Waals surface area contributed by atoms with Gasteiger partial charge >= 0.3 is 0 Å². The van der Waals surface area contributed by atoms with Gasteiger partial charge in [-0.15, -0.1) is 0 Å². The summed E-state index contributed by atoms with van der Waals surface area (Å²) in [6.45, 7) is 4.74. The molecular formula is C11H16O2. The molecule has 0 aromatic heterocycles. The quantitative estimate of drug-likeness (QED) is 0.769. The third kappa shape index (κ3) is 3.07. The molecule has 0 spiro atoms. The van der Waals surface area contributed by atoms with Gasteiger partial charge in [-0.25, -0.2) is 0 Å². The lowest BCUT2D eigenvalue weighted by molar-refractivity contribution is 0.201. The summed E-state index contributed by atoms with van der Waals surface area (Å²) in [7, 11) is 0. The molecule has 0 amide bonds. The molecule has 0 aliphatic heterocycles. The summed E-state index contributed by atoms with van der Waals surface area (Å²) >= 11 is 0. The molecule has 0 aliphatic rings. The topological polar surface area (TPSA) is 29.5 Å². The van der Waals surface area contributed by atoms with Crippen LogP contribution in [0.2, 0.25) is 0 Å². The lowest BCUT2D eigenvalue weighted by Gasteiger charge is -2.07. The molecule has 2 nitrogen and oxygen atoms in total. The van der Waals surface area contributed by atoms with Crippen molar-refractivity contribution >= 4 is 0 Å². The minimum absolute atomic E-state index is 0.0614. The van der Waals surface area contributed by atoms with Gasteiger partial charge in [0.2, 0.25) is 0 Å². The van der Waals surface area contributed by atoms with Crippen LogP contribution in [0.5, 0.6) is 5.75 Å². The Morgan fingerprint density at radius 2 is 1.85 bits per heavy atom. The van der Waals surface area contributed by atoms with Crippen LogP contribution in [0, 0.1) is 0 Å². The first-order valence-electron chi connectivity index (χ1n) is 4.57. The van der Waals surface area contributed by atoms with E-state index in [1.165, 1.54) is 5.56 Å². The van der Waals surface area contributed by atoms with Crippen molar-refractivity contribution < 1.29 is 9.84 Å². The van der Waals surface area contributed by atoms with Gasteiger partial charge in [-0.2, -0.15) is 0 Å². The summed E-state index contributed by atoms with van der Waals surface area (Å²) in [5, 5.41) is 8.55. The molecule has 0 atom stereocenters. The van der Waals surface area contributed by atoms with E-state index in [0.29, 0.717) is 12.5 Å². The van der Waals surface area contributed by atoms with Crippen molar-refractivity contribution in [3.05, 3.63) is 29.8 Å². The van der Waals surface area contributed by atoms with Gasteiger partial charge in [0, 0.05) is 0 Å². The van der Waals surface area contributed by atoms with Crippen molar-refractivity contribution in [3.8, 4) is 5.75 Å². The fourth-order valence-electron chi connectivity index (χ4n) is 1.11. The van der Waals surface area contributed by atoms with Crippen LogP contribution >= 0.6 is 0 Å². The predicted octanol–water partition coefficient (Wildman–Crippen LogP) is 2.18. The lowest BCUT2D eigenvalue weighted by Crippen LogP contribution is -2.01. The Morgan fingerprint density at radius 1 is 1.23 bits per heavy atom. The first kappa shape index (κ1) is 10.1. The standard InChI is InChI=1S/C11H16O2/c1-9(2)10-3-5-11(6-4-10)13-8-7-12/h3-6,9,12H,7-8H2,1-2H3. The number of hydrogen-bond acceptors (Lipinski definition) is 2. The predicted molar refractivity (Wildman–Crippen MR) is 53.1 cm³/mol. The zero-order valence-electron chi connectivity index (χ0n) is 8.16. The Balaban J connectivity index is 2.59. The average molecular weight is 180 g/mol. The fourth-order valence-corrected chi connectivity index (χ4v) is 1.11. The number of aliphatic hydroxyl groups excluding tert-OH is 1. The Hall–Kier alpha value is -1.02. The van der Waals surface area contributed by atoms with Crippen LogP contribution in [0.4, 0.5) is 0 Å². The highest BCUT2D eigenvalue weighted by Crippen LogP contribution is 2.18. The molecule has 0 radical (unpaired) electrons. The van der Waals surface area contributed by atoms with E-state index in [1.54, 1.807) is 0 Å². The number of hydrogen-bond donors (Lipinski definition) is 1. The molecule has 0 heterocycles. The Labute approximate surface area is 79.2 Å². The summed E-state index contributed by atoms with van der Waals surface area (Å²) in [5.74, 6) is 1.37. The third-order valence-corrected chi connectivity index (χ3v) is 1.91. The minimum Gasteiger partial charge on any atom is -0.491 e. The Kier molecular flexibility index (Phi) is 3.77. The van der Waals surface area contributed by atoms with E-state index in [0.717, 1.165) is 5.75 Å². The van der Waals surface area contributed by atoms with Crippen LogP contribution in [0.1, 0.15) is 25.3 Å². The van der Waals surface area contributed by atoms with Crippen LogP contribution in [-0.2, 0) is 0 Å². The molecule has 72 valence electrons. The van der Waals surface area contributed by atoms with E-state index in [9.17, 15) is 0 Å². The van der Waals surface area contributed by atoms with E-state index >= 15 is 0 Å². The van der Waals surface area contributed by atoms with Crippen molar-refractivity contribution in [1.82, 2.24) is 0 Å². The highest BCUT2D eigenvalue weighted by molar-refractivity contribution is 5.28. The van der Waals surface area contributed by atoms with Gasteiger partial charge in [-0.05, 0) is 23.6 Å². The van der Waals surface area contributed by atoms with Gasteiger partial charge in [0.1, 0.15) is 12.4 Å². The SMILES string of the molecule is CC(C)c1ccc(OCCO)cc1. The largest absolute Gasteiger partial charge is 0.491 e. The monoisotopic (exact) mass is 180 g/mol. The maximum atomic E-state index is 8.55. The van der Waals surface area contributed by atoms with E-state index in [-0.39, 0.29) is 6.61 Å². The third-order valence-electron chi connectivity index (χ3n) is 1.91. The minimum atomic E-state index is 0.0614. The normalized spacial score (nSPS) is 10.5. The second-order valence-corrected chi connectivity index (χ2v) is 3.30. The lowest BCUT2D eigenvalue weighted by atomic mass is 10.0. The van der Waals surface area contributed by atoms with Crippen LogP contribution in [0.3, 0.4) is 0 Å². The maximum absolute atomic E-state index is 8.55. The van der Waals surface area contributed by atoms with Crippen LogP contribution in [0.25, 0.3) is 0 Å². The van der Waals surface area contributed by atoms with Gasteiger partial charge in [-0.1, -0.05) is 26.0 Å². The van der Waals surface area contributed by atoms with Crippen molar-refractivity contribution in [2.45, 2.75) is 19.8 Å². The van der Waals surface area contributed by atoms with Crippen LogP contribution in [0.15, 0.2) is 24.3 Å². The maximum Gasteiger partial charge on any atom is 0.119 e. The molecule has 0 bridgehead atoms. The first-order chi connectivity index (χ1) is 6.24.